The van der Waals surface area contributed by atoms with Gasteiger partial charge in [-0.3, -0.25) is 4.68 Å². The molecule has 0 amide bonds. The average molecular weight is 333 g/mol. The first-order valence-corrected chi connectivity index (χ1v) is 10.2. The summed E-state index contributed by atoms with van der Waals surface area (Å²) < 4.78 is 9.33. The Morgan fingerprint density at radius 1 is 1.44 bits per heavy atom. The van der Waals surface area contributed by atoms with Crippen LogP contribution in [0.3, 0.4) is 0 Å². The molecule has 0 fully saturated rings. The highest BCUT2D eigenvalue weighted by atomic mass is 79.9. The Morgan fingerprint density at radius 2 is 2.00 bits per heavy atom. The molecule has 18 heavy (non-hydrogen) atoms. The van der Waals surface area contributed by atoms with Crippen LogP contribution >= 0.6 is 15.9 Å². The van der Waals surface area contributed by atoms with Gasteiger partial charge in [0.2, 0.25) is 0 Å². The van der Waals surface area contributed by atoms with E-state index in [9.17, 15) is 0 Å². The van der Waals surface area contributed by atoms with Gasteiger partial charge in [0, 0.05) is 12.7 Å². The monoisotopic (exact) mass is 332 g/mol. The molecule has 0 aliphatic heterocycles. The summed E-state index contributed by atoms with van der Waals surface area (Å²) in [6, 6.07) is 0. The molecular formula is C13H25BrN2OSi. The molecule has 1 heterocycles. The average Bonchev–Trinajstić information content (AvgIpc) is 2.57. The third-order valence-electron chi connectivity index (χ3n) is 3.73. The highest BCUT2D eigenvalue weighted by Gasteiger charge is 2.39. The van der Waals surface area contributed by atoms with Gasteiger partial charge >= 0.3 is 0 Å². The Kier molecular flexibility index (Phi) is 4.84. The molecule has 1 aromatic rings. The van der Waals surface area contributed by atoms with Gasteiger partial charge in [-0.25, -0.2) is 0 Å². The summed E-state index contributed by atoms with van der Waals surface area (Å²) in [7, 11) is -1.74. The van der Waals surface area contributed by atoms with Crippen LogP contribution in [-0.2, 0) is 11.0 Å². The third-order valence-corrected chi connectivity index (χ3v) is 8.90. The number of aromatic nitrogens is 2. The lowest BCUT2D eigenvalue weighted by Crippen LogP contribution is -2.41. The molecule has 0 aliphatic rings. The van der Waals surface area contributed by atoms with E-state index in [-0.39, 0.29) is 11.1 Å². The molecule has 0 aliphatic carbocycles. The predicted octanol–water partition coefficient (Wildman–Crippen LogP) is 4.75. The summed E-state index contributed by atoms with van der Waals surface area (Å²) in [6.07, 6.45) is 2.05. The molecule has 1 unspecified atom stereocenters. The quantitative estimate of drug-likeness (QED) is 0.744. The maximum Gasteiger partial charge on any atom is 0.192 e. The van der Waals surface area contributed by atoms with Gasteiger partial charge < -0.3 is 4.43 Å². The van der Waals surface area contributed by atoms with Gasteiger partial charge in [-0.1, -0.05) is 20.8 Å². The third kappa shape index (κ3) is 3.45. The van der Waals surface area contributed by atoms with Gasteiger partial charge in [0.1, 0.15) is 5.69 Å². The van der Waals surface area contributed by atoms with Crippen molar-refractivity contribution in [1.29, 1.82) is 0 Å². The van der Waals surface area contributed by atoms with E-state index in [1.54, 1.807) is 0 Å². The molecule has 0 radical (unpaired) electrons. The number of aryl methyl sites for hydroxylation is 1. The first-order valence-electron chi connectivity index (χ1n) is 6.49. The molecule has 0 aromatic carbocycles. The molecule has 0 spiro atoms. The van der Waals surface area contributed by atoms with Gasteiger partial charge in [0.15, 0.2) is 8.32 Å². The van der Waals surface area contributed by atoms with E-state index in [1.807, 2.05) is 10.9 Å². The molecule has 3 nitrogen and oxygen atoms in total. The van der Waals surface area contributed by atoms with Crippen LogP contribution in [0.15, 0.2) is 10.7 Å². The topological polar surface area (TPSA) is 27.1 Å². The molecule has 5 heteroatoms. The van der Waals surface area contributed by atoms with Crippen LogP contribution in [-0.4, -0.2) is 18.1 Å². The van der Waals surface area contributed by atoms with E-state index in [4.69, 9.17) is 4.43 Å². The van der Waals surface area contributed by atoms with Crippen molar-refractivity contribution in [3.63, 3.8) is 0 Å². The van der Waals surface area contributed by atoms with Crippen molar-refractivity contribution in [1.82, 2.24) is 9.78 Å². The molecule has 1 atom stereocenters. The van der Waals surface area contributed by atoms with E-state index in [1.165, 1.54) is 0 Å². The number of nitrogens with zero attached hydrogens (tertiary/aromatic N) is 2. The maximum atomic E-state index is 6.36. The van der Waals surface area contributed by atoms with Gasteiger partial charge in [0.25, 0.3) is 0 Å². The fourth-order valence-corrected chi connectivity index (χ4v) is 3.51. The normalized spacial score (nSPS) is 14.9. The highest BCUT2D eigenvalue weighted by molar-refractivity contribution is 9.10. The predicted molar refractivity (Wildman–Crippen MR) is 82.3 cm³/mol. The van der Waals surface area contributed by atoms with Crippen molar-refractivity contribution in [2.24, 2.45) is 0 Å². The van der Waals surface area contributed by atoms with Crippen LogP contribution in [0.1, 0.15) is 46.4 Å². The first kappa shape index (κ1) is 15.9. The highest BCUT2D eigenvalue weighted by Crippen LogP contribution is 2.40. The summed E-state index contributed by atoms with van der Waals surface area (Å²) >= 11 is 3.57. The van der Waals surface area contributed by atoms with Gasteiger partial charge in [-0.15, -0.1) is 0 Å². The zero-order valence-electron chi connectivity index (χ0n) is 12.5. The van der Waals surface area contributed by atoms with Gasteiger partial charge in [-0.2, -0.15) is 5.10 Å². The Bertz CT molecular complexity index is 410. The minimum Gasteiger partial charge on any atom is -0.409 e. The first-order chi connectivity index (χ1) is 8.08. The van der Waals surface area contributed by atoms with Crippen LogP contribution in [0.5, 0.6) is 0 Å². The zero-order valence-corrected chi connectivity index (χ0v) is 15.1. The summed E-state index contributed by atoms with van der Waals surface area (Å²) in [5, 5.41) is 4.78. The second-order valence-electron chi connectivity index (χ2n) is 6.24. The van der Waals surface area contributed by atoms with Crippen LogP contribution in [0.25, 0.3) is 0 Å². The largest absolute Gasteiger partial charge is 0.409 e. The van der Waals surface area contributed by atoms with Gasteiger partial charge in [-0.05, 0) is 47.9 Å². The second-order valence-corrected chi connectivity index (χ2v) is 11.8. The van der Waals surface area contributed by atoms with Crippen molar-refractivity contribution >= 4 is 24.2 Å². The van der Waals surface area contributed by atoms with Gasteiger partial charge in [0.05, 0.1) is 10.6 Å². The number of hydrogen-bond acceptors (Lipinski definition) is 2. The van der Waals surface area contributed by atoms with E-state index in [2.05, 4.69) is 68.7 Å². The number of halogens is 1. The van der Waals surface area contributed by atoms with Crippen molar-refractivity contribution < 1.29 is 4.43 Å². The van der Waals surface area contributed by atoms with E-state index in [0.717, 1.165) is 16.7 Å². The Balaban J connectivity index is 2.88. The van der Waals surface area contributed by atoms with Crippen LogP contribution in [0, 0.1) is 0 Å². The van der Waals surface area contributed by atoms with E-state index in [0.29, 0.717) is 0 Å². The molecule has 0 saturated carbocycles. The lowest BCUT2D eigenvalue weighted by atomic mass is 10.2. The standard InChI is InChI=1S/C13H25BrN2OSi/c1-8-16-9-11(14)12(15-16)10(2)17-18(6,7)13(3,4)5/h9-10H,8H2,1-7H3. The summed E-state index contributed by atoms with van der Waals surface area (Å²) in [5.74, 6) is 0. The Morgan fingerprint density at radius 3 is 2.39 bits per heavy atom. The zero-order chi connectivity index (χ0) is 14.1. The Labute approximate surface area is 120 Å². The molecule has 0 saturated heterocycles. The van der Waals surface area contributed by atoms with Crippen molar-refractivity contribution in [2.45, 2.75) is 65.4 Å². The van der Waals surface area contributed by atoms with Crippen molar-refractivity contribution in [3.05, 3.63) is 16.4 Å². The van der Waals surface area contributed by atoms with E-state index < -0.39 is 8.32 Å². The van der Waals surface area contributed by atoms with Crippen LogP contribution in [0.4, 0.5) is 0 Å². The molecule has 0 N–H and O–H groups in total. The second kappa shape index (κ2) is 5.47. The maximum absolute atomic E-state index is 6.36. The molecule has 1 aromatic heterocycles. The Hall–Kier alpha value is -0.133. The number of hydrogen-bond donors (Lipinski definition) is 0. The SMILES string of the molecule is CCn1cc(Br)c(C(C)O[Si](C)(C)C(C)(C)C)n1. The lowest BCUT2D eigenvalue weighted by Gasteiger charge is -2.38. The van der Waals surface area contributed by atoms with Crippen molar-refractivity contribution in [3.8, 4) is 0 Å². The minimum atomic E-state index is -1.74. The molecule has 0 bridgehead atoms. The fourth-order valence-electron chi connectivity index (χ4n) is 1.52. The van der Waals surface area contributed by atoms with Crippen LogP contribution < -0.4 is 0 Å². The summed E-state index contributed by atoms with van der Waals surface area (Å²) in [4.78, 5) is 0. The smallest absolute Gasteiger partial charge is 0.192 e. The molecule has 1 rings (SSSR count). The summed E-state index contributed by atoms with van der Waals surface area (Å²) in [6.45, 7) is 16.4. The molecule has 104 valence electrons. The lowest BCUT2D eigenvalue weighted by molar-refractivity contribution is 0.196. The van der Waals surface area contributed by atoms with Crippen LogP contribution in [0.2, 0.25) is 18.1 Å². The molecular weight excluding hydrogens is 308 g/mol. The summed E-state index contributed by atoms with van der Waals surface area (Å²) in [5.41, 5.74) is 1.00. The number of rotatable bonds is 4. The minimum absolute atomic E-state index is 0.0352. The van der Waals surface area contributed by atoms with E-state index >= 15 is 0 Å². The fraction of sp³-hybridized carbons (Fsp3) is 0.769. The van der Waals surface area contributed by atoms with Crippen molar-refractivity contribution in [2.75, 3.05) is 0 Å².